The lowest BCUT2D eigenvalue weighted by atomic mass is 10.0. The van der Waals surface area contributed by atoms with E-state index in [4.69, 9.17) is 10.6 Å². The van der Waals surface area contributed by atoms with Gasteiger partial charge < -0.3 is 10.6 Å². The highest BCUT2D eigenvalue weighted by atomic mass is 19.1. The van der Waals surface area contributed by atoms with Gasteiger partial charge in [-0.25, -0.2) is 4.39 Å². The van der Waals surface area contributed by atoms with Crippen molar-refractivity contribution < 1.29 is 9.23 Å². The molecule has 0 spiro atoms. The van der Waals surface area contributed by atoms with E-state index in [-0.39, 0.29) is 11.9 Å². The zero-order valence-corrected chi connectivity index (χ0v) is 7.61. The third-order valence-electron chi connectivity index (χ3n) is 2.22. The second-order valence-electron chi connectivity index (χ2n) is 3.18. The molecule has 0 unspecified atom stereocenters. The van der Waals surface area contributed by atoms with E-state index in [0.717, 1.165) is 5.71 Å². The van der Waals surface area contributed by atoms with Crippen molar-refractivity contribution in [3.05, 3.63) is 35.6 Å². The van der Waals surface area contributed by atoms with Gasteiger partial charge in [-0.3, -0.25) is 0 Å². The molecule has 0 fully saturated rings. The monoisotopic (exact) mass is 194 g/mol. The maximum Gasteiger partial charge on any atom is 0.160 e. The molecule has 14 heavy (non-hydrogen) atoms. The number of hydrogen-bond donors (Lipinski definition) is 1. The number of hydrogen-bond acceptors (Lipinski definition) is 3. The van der Waals surface area contributed by atoms with Crippen LogP contribution in [0.5, 0.6) is 0 Å². The largest absolute Gasteiger partial charge is 0.387 e. The van der Waals surface area contributed by atoms with E-state index in [1.54, 1.807) is 18.2 Å². The van der Waals surface area contributed by atoms with Crippen LogP contribution < -0.4 is 5.73 Å². The van der Waals surface area contributed by atoms with Gasteiger partial charge in [0.25, 0.3) is 0 Å². The van der Waals surface area contributed by atoms with Crippen LogP contribution in [0.2, 0.25) is 0 Å². The summed E-state index contributed by atoms with van der Waals surface area (Å²) in [6.45, 7) is 0.366. The molecule has 1 aliphatic heterocycles. The molecule has 2 rings (SSSR count). The van der Waals surface area contributed by atoms with Gasteiger partial charge in [-0.2, -0.15) is 0 Å². The summed E-state index contributed by atoms with van der Waals surface area (Å²) in [4.78, 5) is 5.09. The van der Waals surface area contributed by atoms with Crippen LogP contribution in [-0.2, 0) is 4.84 Å². The van der Waals surface area contributed by atoms with E-state index >= 15 is 0 Å². The summed E-state index contributed by atoms with van der Waals surface area (Å²) in [7, 11) is 0. The summed E-state index contributed by atoms with van der Waals surface area (Å²) in [5.41, 5.74) is 6.73. The smallest absolute Gasteiger partial charge is 0.160 e. The summed E-state index contributed by atoms with van der Waals surface area (Å²) < 4.78 is 13.3. The van der Waals surface area contributed by atoms with Crippen LogP contribution in [0.3, 0.4) is 0 Å². The maximum absolute atomic E-state index is 13.3. The van der Waals surface area contributed by atoms with Gasteiger partial charge in [-0.1, -0.05) is 23.4 Å². The minimum atomic E-state index is -0.310. The number of halogens is 1. The van der Waals surface area contributed by atoms with Crippen LogP contribution in [0.4, 0.5) is 4.39 Å². The van der Waals surface area contributed by atoms with Gasteiger partial charge in [0.1, 0.15) is 5.82 Å². The Morgan fingerprint density at radius 2 is 2.29 bits per heavy atom. The van der Waals surface area contributed by atoms with E-state index in [0.29, 0.717) is 18.5 Å². The van der Waals surface area contributed by atoms with Crippen molar-refractivity contribution in [2.24, 2.45) is 10.9 Å². The molecule has 0 aromatic heterocycles. The van der Waals surface area contributed by atoms with Crippen LogP contribution >= 0.6 is 0 Å². The number of rotatable bonds is 2. The van der Waals surface area contributed by atoms with Crippen molar-refractivity contribution in [2.45, 2.75) is 12.5 Å². The fourth-order valence-electron chi connectivity index (χ4n) is 1.45. The van der Waals surface area contributed by atoms with E-state index in [9.17, 15) is 4.39 Å². The van der Waals surface area contributed by atoms with E-state index in [1.807, 2.05) is 0 Å². The minimum Gasteiger partial charge on any atom is -0.387 e. The van der Waals surface area contributed by atoms with E-state index in [2.05, 4.69) is 5.16 Å². The Morgan fingerprint density at radius 3 is 2.93 bits per heavy atom. The lowest BCUT2D eigenvalue weighted by molar-refractivity contribution is 0.0829. The van der Waals surface area contributed by atoms with Gasteiger partial charge in [-0.05, 0) is 6.07 Å². The first kappa shape index (κ1) is 9.15. The van der Waals surface area contributed by atoms with E-state index in [1.165, 1.54) is 6.07 Å². The summed E-state index contributed by atoms with van der Waals surface area (Å²) in [6, 6.07) is 6.55. The average molecular weight is 194 g/mol. The molecule has 1 aromatic carbocycles. The molecular formula is C10H11FN2O. The highest BCUT2D eigenvalue weighted by Crippen LogP contribution is 2.28. The Hall–Kier alpha value is -1.42. The normalized spacial score (nSPS) is 20.4. The van der Waals surface area contributed by atoms with Crippen molar-refractivity contribution in [3.63, 3.8) is 0 Å². The molecule has 1 aliphatic rings. The van der Waals surface area contributed by atoms with Crippen molar-refractivity contribution in [1.82, 2.24) is 0 Å². The number of nitrogens with two attached hydrogens (primary N) is 1. The SMILES string of the molecule is NCC1=NO[C@@H](c2ccccc2F)C1. The second-order valence-corrected chi connectivity index (χ2v) is 3.18. The lowest BCUT2D eigenvalue weighted by Gasteiger charge is -2.08. The van der Waals surface area contributed by atoms with Crippen molar-refractivity contribution >= 4 is 5.71 Å². The van der Waals surface area contributed by atoms with Crippen LogP contribution in [-0.4, -0.2) is 12.3 Å². The van der Waals surface area contributed by atoms with Gasteiger partial charge in [0, 0.05) is 18.5 Å². The molecule has 0 saturated carbocycles. The van der Waals surface area contributed by atoms with Gasteiger partial charge in [0.15, 0.2) is 6.10 Å². The Morgan fingerprint density at radius 1 is 1.50 bits per heavy atom. The zero-order valence-electron chi connectivity index (χ0n) is 7.61. The molecule has 0 aliphatic carbocycles. The third-order valence-corrected chi connectivity index (χ3v) is 2.22. The first-order valence-electron chi connectivity index (χ1n) is 4.47. The Bertz CT molecular complexity index is 365. The summed E-state index contributed by atoms with van der Waals surface area (Å²) in [5, 5.41) is 3.78. The molecule has 0 bridgehead atoms. The summed E-state index contributed by atoms with van der Waals surface area (Å²) in [5.74, 6) is -0.258. The van der Waals surface area contributed by atoms with Crippen molar-refractivity contribution in [2.75, 3.05) is 6.54 Å². The third kappa shape index (κ3) is 1.61. The zero-order chi connectivity index (χ0) is 9.97. The van der Waals surface area contributed by atoms with E-state index < -0.39 is 0 Å². The summed E-state index contributed by atoms with van der Waals surface area (Å²) in [6.07, 6.45) is 0.270. The van der Waals surface area contributed by atoms with Gasteiger partial charge in [-0.15, -0.1) is 0 Å². The van der Waals surface area contributed by atoms with Gasteiger partial charge >= 0.3 is 0 Å². The van der Waals surface area contributed by atoms with Crippen LogP contribution in [0.15, 0.2) is 29.4 Å². The number of oxime groups is 1. The molecule has 1 heterocycles. The highest BCUT2D eigenvalue weighted by molar-refractivity contribution is 5.87. The quantitative estimate of drug-likeness (QED) is 0.777. The lowest BCUT2D eigenvalue weighted by Crippen LogP contribution is -2.12. The predicted octanol–water partition coefficient (Wildman–Crippen LogP) is 1.60. The molecule has 2 N–H and O–H groups in total. The Balaban J connectivity index is 2.16. The topological polar surface area (TPSA) is 47.6 Å². The average Bonchev–Trinajstić information content (AvgIpc) is 2.67. The summed E-state index contributed by atoms with van der Waals surface area (Å²) >= 11 is 0. The standard InChI is InChI=1S/C10H11FN2O/c11-9-4-2-1-3-8(9)10-5-7(6-12)13-14-10/h1-4,10H,5-6,12H2/t10-/m1/s1. The molecule has 4 heteroatoms. The highest BCUT2D eigenvalue weighted by Gasteiger charge is 2.23. The Kier molecular flexibility index (Phi) is 2.45. The first-order valence-corrected chi connectivity index (χ1v) is 4.47. The van der Waals surface area contributed by atoms with Gasteiger partial charge in [0.2, 0.25) is 0 Å². The maximum atomic E-state index is 13.3. The minimum absolute atomic E-state index is 0.258. The molecule has 1 atom stereocenters. The van der Waals surface area contributed by atoms with Crippen molar-refractivity contribution in [1.29, 1.82) is 0 Å². The molecule has 0 radical (unpaired) electrons. The molecule has 0 saturated heterocycles. The number of benzene rings is 1. The van der Waals surface area contributed by atoms with Crippen molar-refractivity contribution in [3.8, 4) is 0 Å². The van der Waals surface area contributed by atoms with Crippen LogP contribution in [0.25, 0.3) is 0 Å². The van der Waals surface area contributed by atoms with Crippen LogP contribution in [0, 0.1) is 5.82 Å². The molecule has 0 amide bonds. The molecular weight excluding hydrogens is 183 g/mol. The predicted molar refractivity (Wildman–Crippen MR) is 51.3 cm³/mol. The fraction of sp³-hybridized carbons (Fsp3) is 0.300. The molecule has 1 aromatic rings. The number of nitrogens with zero attached hydrogens (tertiary/aromatic N) is 1. The van der Waals surface area contributed by atoms with Gasteiger partial charge in [0.05, 0.1) is 5.71 Å². The fourth-order valence-corrected chi connectivity index (χ4v) is 1.45. The first-order chi connectivity index (χ1) is 6.81. The second kappa shape index (κ2) is 3.75. The molecule has 3 nitrogen and oxygen atoms in total. The molecule has 74 valence electrons. The Labute approximate surface area is 81.4 Å². The van der Waals surface area contributed by atoms with Crippen LogP contribution in [0.1, 0.15) is 18.1 Å².